The number of Topliss-reactive ketones (excluding diaryl/α,β-unsaturated/α-hetero) is 2. The molecule has 2 aromatic rings. The summed E-state index contributed by atoms with van der Waals surface area (Å²) in [6.07, 6.45) is 4.18. The molecule has 0 saturated carbocycles. The summed E-state index contributed by atoms with van der Waals surface area (Å²) in [4.78, 5) is 54.9. The largest absolute Gasteiger partial charge is 0.465 e. The van der Waals surface area contributed by atoms with Gasteiger partial charge >= 0.3 is 5.97 Å². The first-order valence-electron chi connectivity index (χ1n) is 15.0. The Morgan fingerprint density at radius 3 is 1.70 bits per heavy atom. The summed E-state index contributed by atoms with van der Waals surface area (Å²) in [5.74, 6) is 0.660. The summed E-state index contributed by atoms with van der Waals surface area (Å²) in [6.45, 7) is 4.18. The van der Waals surface area contributed by atoms with Crippen LogP contribution in [0.3, 0.4) is 0 Å². The molecular formula is C31H44N2O10S4. The van der Waals surface area contributed by atoms with E-state index in [0.29, 0.717) is 32.8 Å². The topological polar surface area (TPSA) is 142 Å². The average Bonchev–Trinajstić information content (AvgIpc) is 3.07. The molecule has 0 aromatic carbocycles. The number of rotatable bonds is 30. The summed E-state index contributed by atoms with van der Waals surface area (Å²) < 4.78 is 28.6. The number of hydrogen-bond acceptors (Lipinski definition) is 16. The number of aromatic nitrogens is 2. The predicted octanol–water partition coefficient (Wildman–Crippen LogP) is 5.16. The molecule has 16 heteroatoms. The Kier molecular flexibility index (Phi) is 23.9. The minimum atomic E-state index is -1.41. The van der Waals surface area contributed by atoms with E-state index in [0.717, 1.165) is 21.6 Å². The highest BCUT2D eigenvalue weighted by molar-refractivity contribution is 8.77. The molecule has 0 atom stereocenters. The van der Waals surface area contributed by atoms with Crippen molar-refractivity contribution in [1.29, 1.82) is 0 Å². The number of pyridine rings is 2. The molecule has 0 unspecified atom stereocenters. The third kappa shape index (κ3) is 21.1. The molecule has 0 fully saturated rings. The van der Waals surface area contributed by atoms with E-state index >= 15 is 0 Å². The molecular weight excluding hydrogens is 689 g/mol. The van der Waals surface area contributed by atoms with Crippen LogP contribution in [0.4, 0.5) is 0 Å². The van der Waals surface area contributed by atoms with Crippen molar-refractivity contribution in [1.82, 2.24) is 9.97 Å². The Morgan fingerprint density at radius 1 is 0.660 bits per heavy atom. The zero-order valence-electron chi connectivity index (χ0n) is 26.8. The van der Waals surface area contributed by atoms with Crippen LogP contribution >= 0.6 is 43.2 Å². The summed E-state index contributed by atoms with van der Waals surface area (Å²) in [7, 11) is 6.44. The van der Waals surface area contributed by atoms with Gasteiger partial charge in [-0.25, -0.2) is 19.7 Å². The van der Waals surface area contributed by atoms with Gasteiger partial charge in [0.25, 0.3) is 0 Å². The first-order chi connectivity index (χ1) is 22.9. The van der Waals surface area contributed by atoms with Crippen LogP contribution in [0.5, 0.6) is 0 Å². The smallest absolute Gasteiger partial charge is 0.319 e. The average molecular weight is 733 g/mol. The van der Waals surface area contributed by atoms with Crippen molar-refractivity contribution < 1.29 is 47.8 Å². The van der Waals surface area contributed by atoms with E-state index in [1.165, 1.54) is 13.8 Å². The summed E-state index contributed by atoms with van der Waals surface area (Å²) in [5, 5.41) is 1.87. The molecule has 0 radical (unpaired) electrons. The molecule has 0 aliphatic rings. The molecule has 0 aliphatic heterocycles. The zero-order valence-corrected chi connectivity index (χ0v) is 30.1. The number of ketones is 2. The first kappa shape index (κ1) is 41.4. The number of carbonyl (C=O) groups excluding carboxylic acids is 3. The van der Waals surface area contributed by atoms with Crippen LogP contribution in [0.15, 0.2) is 58.8 Å². The Labute approximate surface area is 292 Å². The lowest BCUT2D eigenvalue weighted by Crippen LogP contribution is -2.46. The van der Waals surface area contributed by atoms with E-state index in [9.17, 15) is 14.4 Å². The van der Waals surface area contributed by atoms with E-state index in [-0.39, 0.29) is 64.2 Å². The first-order valence-corrected chi connectivity index (χ1v) is 19.7. The minimum Gasteiger partial charge on any atom is -0.465 e. The monoisotopic (exact) mass is 732 g/mol. The minimum absolute atomic E-state index is 0.00222. The van der Waals surface area contributed by atoms with Crippen molar-refractivity contribution >= 4 is 60.7 Å². The summed E-state index contributed by atoms with van der Waals surface area (Å²) in [6, 6.07) is 11.5. The van der Waals surface area contributed by atoms with Crippen molar-refractivity contribution in [2.45, 2.75) is 36.7 Å². The number of carbonyl (C=O) groups is 3. The van der Waals surface area contributed by atoms with Crippen LogP contribution in [0, 0.1) is 5.41 Å². The molecule has 0 amide bonds. The van der Waals surface area contributed by atoms with E-state index in [1.807, 2.05) is 36.4 Å². The van der Waals surface area contributed by atoms with E-state index < -0.39 is 11.4 Å². The maximum absolute atomic E-state index is 13.4. The fourth-order valence-corrected chi connectivity index (χ4v) is 6.86. The van der Waals surface area contributed by atoms with Crippen molar-refractivity contribution in [3.05, 3.63) is 48.8 Å². The SMILES string of the molecule is CC(=O)CCCOC(=O)C(COCCOCCSSc1ccccn1)(COCCOCCSSc1ccccn1)COOCC(C)=O. The van der Waals surface area contributed by atoms with Crippen LogP contribution in [-0.2, 0) is 47.8 Å². The molecule has 0 N–H and O–H groups in total. The summed E-state index contributed by atoms with van der Waals surface area (Å²) in [5.41, 5.74) is -1.41. The number of nitrogens with zero attached hydrogens (tertiary/aromatic N) is 2. The third-order valence-electron chi connectivity index (χ3n) is 5.71. The quantitative estimate of drug-likeness (QED) is 0.0343. The molecule has 0 bridgehead atoms. The highest BCUT2D eigenvalue weighted by atomic mass is 33.1. The van der Waals surface area contributed by atoms with Crippen molar-refractivity contribution in [3.8, 4) is 0 Å². The van der Waals surface area contributed by atoms with Crippen LogP contribution in [-0.4, -0.2) is 112 Å². The van der Waals surface area contributed by atoms with Crippen LogP contribution in [0.2, 0.25) is 0 Å². The Hall–Kier alpha value is -1.73. The van der Waals surface area contributed by atoms with Gasteiger partial charge in [-0.05, 0) is 66.1 Å². The van der Waals surface area contributed by atoms with Gasteiger partial charge in [0.15, 0.2) is 5.78 Å². The van der Waals surface area contributed by atoms with Crippen molar-refractivity contribution in [2.75, 3.05) is 84.2 Å². The Balaban J connectivity index is 1.81. The maximum atomic E-state index is 13.4. The van der Waals surface area contributed by atoms with Gasteiger partial charge in [-0.15, -0.1) is 0 Å². The van der Waals surface area contributed by atoms with Gasteiger partial charge in [-0.1, -0.05) is 33.7 Å². The van der Waals surface area contributed by atoms with E-state index in [4.69, 9.17) is 33.5 Å². The lowest BCUT2D eigenvalue weighted by Gasteiger charge is -2.30. The highest BCUT2D eigenvalue weighted by Gasteiger charge is 2.42. The molecule has 12 nitrogen and oxygen atoms in total. The number of hydrogen-bond donors (Lipinski definition) is 0. The summed E-state index contributed by atoms with van der Waals surface area (Å²) >= 11 is 0. The number of esters is 1. The molecule has 2 heterocycles. The molecule has 47 heavy (non-hydrogen) atoms. The van der Waals surface area contributed by atoms with Crippen LogP contribution in [0.25, 0.3) is 0 Å². The van der Waals surface area contributed by atoms with Crippen molar-refractivity contribution in [2.24, 2.45) is 5.41 Å². The van der Waals surface area contributed by atoms with Gasteiger partial charge in [0.05, 0.1) is 59.5 Å². The normalized spacial score (nSPS) is 11.4. The van der Waals surface area contributed by atoms with Gasteiger partial charge in [0, 0.05) is 30.3 Å². The van der Waals surface area contributed by atoms with E-state index in [2.05, 4.69) is 9.97 Å². The van der Waals surface area contributed by atoms with Gasteiger partial charge in [0.2, 0.25) is 0 Å². The molecule has 2 rings (SSSR count). The Bertz CT molecular complexity index is 1060. The molecule has 2 aromatic heterocycles. The van der Waals surface area contributed by atoms with Crippen LogP contribution < -0.4 is 0 Å². The fourth-order valence-electron chi connectivity index (χ4n) is 3.38. The second-order valence-corrected chi connectivity index (χ2v) is 14.8. The van der Waals surface area contributed by atoms with Gasteiger partial charge in [-0.3, -0.25) is 9.59 Å². The zero-order chi connectivity index (χ0) is 33.8. The lowest BCUT2D eigenvalue weighted by atomic mass is 9.91. The van der Waals surface area contributed by atoms with Crippen molar-refractivity contribution in [3.63, 3.8) is 0 Å². The second-order valence-electron chi connectivity index (χ2n) is 9.92. The molecule has 0 saturated heterocycles. The number of ether oxygens (including phenoxy) is 5. The highest BCUT2D eigenvalue weighted by Crippen LogP contribution is 2.29. The third-order valence-corrected chi connectivity index (χ3v) is 10.2. The van der Waals surface area contributed by atoms with E-state index in [1.54, 1.807) is 55.6 Å². The molecule has 0 aliphatic carbocycles. The van der Waals surface area contributed by atoms with Crippen LogP contribution in [0.1, 0.15) is 26.7 Å². The molecule has 262 valence electrons. The predicted molar refractivity (Wildman–Crippen MR) is 184 cm³/mol. The van der Waals surface area contributed by atoms with Gasteiger partial charge in [0.1, 0.15) is 34.5 Å². The maximum Gasteiger partial charge on any atom is 0.319 e. The Morgan fingerprint density at radius 2 is 1.21 bits per heavy atom. The standard InChI is InChI=1S/C31H44N2O10S4/c1-26(34)8-7-13-41-30(36)31(25-43-42-22-27(2)35,23-39-16-14-37-18-20-44-46-28-9-3-5-11-32-28)24-40-17-15-38-19-21-45-47-29-10-4-6-12-33-29/h3-6,9-12H,7-8,13-25H2,1-2H3. The lowest BCUT2D eigenvalue weighted by molar-refractivity contribution is -0.308. The van der Waals surface area contributed by atoms with Gasteiger partial charge in [-0.2, -0.15) is 0 Å². The fraction of sp³-hybridized carbons (Fsp3) is 0.581. The van der Waals surface area contributed by atoms with Gasteiger partial charge < -0.3 is 28.5 Å². The molecule has 0 spiro atoms. The second kappa shape index (κ2) is 27.1.